The molecule has 0 aliphatic carbocycles. The molecule has 0 spiro atoms. The molecule has 0 bridgehead atoms. The lowest BCUT2D eigenvalue weighted by Crippen LogP contribution is -1.96. The van der Waals surface area contributed by atoms with Gasteiger partial charge in [-0.2, -0.15) is 0 Å². The third-order valence-corrected chi connectivity index (χ3v) is 3.90. The largest absolute Gasteiger partial charge is 0.398 e. The van der Waals surface area contributed by atoms with Gasteiger partial charge in [-0.1, -0.05) is 0 Å². The Morgan fingerprint density at radius 3 is 2.44 bits per heavy atom. The summed E-state index contributed by atoms with van der Waals surface area (Å²) in [7, 11) is 0. The molecular weight excluding hydrogens is 363 g/mol. The Morgan fingerprint density at radius 2 is 1.72 bits per heavy atom. The van der Waals surface area contributed by atoms with E-state index < -0.39 is 0 Å². The number of aryl methyl sites for hydroxylation is 1. The summed E-state index contributed by atoms with van der Waals surface area (Å²) in [5, 5.41) is 3.16. The van der Waals surface area contributed by atoms with E-state index in [0.29, 0.717) is 11.4 Å². The van der Waals surface area contributed by atoms with Gasteiger partial charge in [0.1, 0.15) is 5.82 Å². The molecule has 94 valence electrons. The van der Waals surface area contributed by atoms with Crippen molar-refractivity contribution < 1.29 is 4.39 Å². The standard InChI is InChI=1S/C13H11Br2FN2/c1-7-4-12(10(15)6-11(7)17)18-13-5-8(16)2-3-9(13)14/h2-6,18H,17H2,1H3. The van der Waals surface area contributed by atoms with Crippen LogP contribution >= 0.6 is 31.9 Å². The summed E-state index contributed by atoms with van der Waals surface area (Å²) in [5.41, 5.74) is 9.00. The average Bonchev–Trinajstić information content (AvgIpc) is 2.30. The van der Waals surface area contributed by atoms with Crippen LogP contribution in [0.4, 0.5) is 21.5 Å². The van der Waals surface area contributed by atoms with E-state index in [4.69, 9.17) is 5.73 Å². The van der Waals surface area contributed by atoms with Crippen LogP contribution < -0.4 is 11.1 Å². The highest BCUT2D eigenvalue weighted by molar-refractivity contribution is 9.11. The van der Waals surface area contributed by atoms with Crippen molar-refractivity contribution in [1.82, 2.24) is 0 Å². The van der Waals surface area contributed by atoms with Crippen LogP contribution in [-0.2, 0) is 0 Å². The second kappa shape index (κ2) is 5.28. The number of halogens is 3. The molecule has 2 aromatic carbocycles. The van der Waals surface area contributed by atoms with Crippen molar-refractivity contribution in [3.8, 4) is 0 Å². The highest BCUT2D eigenvalue weighted by Crippen LogP contribution is 2.33. The first-order valence-electron chi connectivity index (χ1n) is 5.25. The molecule has 0 aliphatic heterocycles. The van der Waals surface area contributed by atoms with Gasteiger partial charge in [-0.25, -0.2) is 4.39 Å². The van der Waals surface area contributed by atoms with Crippen LogP contribution in [0.5, 0.6) is 0 Å². The monoisotopic (exact) mass is 372 g/mol. The Balaban J connectivity index is 2.40. The van der Waals surface area contributed by atoms with Gasteiger partial charge in [0.15, 0.2) is 0 Å². The topological polar surface area (TPSA) is 38.0 Å². The van der Waals surface area contributed by atoms with Crippen molar-refractivity contribution in [2.75, 3.05) is 11.1 Å². The van der Waals surface area contributed by atoms with Crippen LogP contribution in [0.2, 0.25) is 0 Å². The number of nitrogens with one attached hydrogen (secondary N) is 1. The fourth-order valence-electron chi connectivity index (χ4n) is 1.53. The van der Waals surface area contributed by atoms with Crippen LogP contribution in [0.15, 0.2) is 39.3 Å². The molecule has 3 N–H and O–H groups in total. The Morgan fingerprint density at radius 1 is 1.06 bits per heavy atom. The van der Waals surface area contributed by atoms with Gasteiger partial charge < -0.3 is 11.1 Å². The number of nitrogen functional groups attached to an aromatic ring is 1. The fourth-order valence-corrected chi connectivity index (χ4v) is 2.34. The Hall–Kier alpha value is -1.07. The lowest BCUT2D eigenvalue weighted by atomic mass is 10.2. The summed E-state index contributed by atoms with van der Waals surface area (Å²) in [6, 6.07) is 8.23. The SMILES string of the molecule is Cc1cc(Nc2cc(F)ccc2Br)c(Br)cc1N. The molecule has 0 radical (unpaired) electrons. The van der Waals surface area contributed by atoms with Gasteiger partial charge in [0, 0.05) is 14.6 Å². The van der Waals surface area contributed by atoms with E-state index in [9.17, 15) is 4.39 Å². The van der Waals surface area contributed by atoms with Gasteiger partial charge in [-0.15, -0.1) is 0 Å². The molecule has 0 heterocycles. The number of hydrogen-bond donors (Lipinski definition) is 2. The lowest BCUT2D eigenvalue weighted by molar-refractivity contribution is 0.628. The smallest absolute Gasteiger partial charge is 0.125 e. The maximum absolute atomic E-state index is 13.2. The quantitative estimate of drug-likeness (QED) is 0.728. The van der Waals surface area contributed by atoms with Gasteiger partial charge in [-0.3, -0.25) is 0 Å². The van der Waals surface area contributed by atoms with Crippen molar-refractivity contribution >= 4 is 48.9 Å². The Labute approximate surface area is 122 Å². The average molecular weight is 374 g/mol. The summed E-state index contributed by atoms with van der Waals surface area (Å²) in [6.07, 6.45) is 0. The highest BCUT2D eigenvalue weighted by atomic mass is 79.9. The van der Waals surface area contributed by atoms with Crippen molar-refractivity contribution in [2.45, 2.75) is 6.92 Å². The van der Waals surface area contributed by atoms with E-state index in [-0.39, 0.29) is 5.82 Å². The van der Waals surface area contributed by atoms with Gasteiger partial charge in [0.05, 0.1) is 11.4 Å². The first kappa shape index (κ1) is 13.4. The zero-order valence-corrected chi connectivity index (χ0v) is 12.8. The molecule has 0 fully saturated rings. The van der Waals surface area contributed by atoms with E-state index in [2.05, 4.69) is 37.2 Å². The number of rotatable bonds is 2. The van der Waals surface area contributed by atoms with Gasteiger partial charge >= 0.3 is 0 Å². The predicted octanol–water partition coefficient (Wildman–Crippen LogP) is 4.98. The highest BCUT2D eigenvalue weighted by Gasteiger charge is 2.07. The molecule has 0 aliphatic rings. The molecular formula is C13H11Br2FN2. The predicted molar refractivity (Wildman–Crippen MR) is 80.7 cm³/mol. The van der Waals surface area contributed by atoms with E-state index in [0.717, 1.165) is 20.2 Å². The first-order chi connectivity index (χ1) is 8.47. The summed E-state index contributed by atoms with van der Waals surface area (Å²) in [5.74, 6) is -0.288. The molecule has 2 aromatic rings. The second-order valence-corrected chi connectivity index (χ2v) is 5.65. The number of hydrogen-bond acceptors (Lipinski definition) is 2. The molecule has 2 rings (SSSR count). The molecule has 18 heavy (non-hydrogen) atoms. The third kappa shape index (κ3) is 2.84. The molecule has 2 nitrogen and oxygen atoms in total. The Kier molecular flexibility index (Phi) is 3.92. The lowest BCUT2D eigenvalue weighted by Gasteiger charge is -2.12. The fraction of sp³-hybridized carbons (Fsp3) is 0.0769. The molecule has 0 saturated heterocycles. The van der Waals surface area contributed by atoms with Crippen LogP contribution in [0.1, 0.15) is 5.56 Å². The summed E-state index contributed by atoms with van der Waals surface area (Å²) in [4.78, 5) is 0. The molecule has 0 amide bonds. The van der Waals surface area contributed by atoms with Crippen molar-refractivity contribution in [2.24, 2.45) is 0 Å². The molecule has 0 atom stereocenters. The summed E-state index contributed by atoms with van der Waals surface area (Å²) < 4.78 is 14.8. The van der Waals surface area contributed by atoms with Crippen LogP contribution in [0, 0.1) is 12.7 Å². The number of anilines is 3. The van der Waals surface area contributed by atoms with Gasteiger partial charge in [-0.05, 0) is 74.7 Å². The minimum Gasteiger partial charge on any atom is -0.398 e. The maximum atomic E-state index is 13.2. The van der Waals surface area contributed by atoms with E-state index >= 15 is 0 Å². The molecule has 5 heteroatoms. The number of nitrogens with two attached hydrogens (primary N) is 1. The van der Waals surface area contributed by atoms with E-state index in [1.54, 1.807) is 6.07 Å². The number of benzene rings is 2. The second-order valence-electron chi connectivity index (χ2n) is 3.94. The van der Waals surface area contributed by atoms with Gasteiger partial charge in [0.2, 0.25) is 0 Å². The van der Waals surface area contributed by atoms with E-state index in [1.807, 2.05) is 19.1 Å². The summed E-state index contributed by atoms with van der Waals surface area (Å²) >= 11 is 6.81. The van der Waals surface area contributed by atoms with Crippen molar-refractivity contribution in [3.05, 3.63) is 50.7 Å². The van der Waals surface area contributed by atoms with Crippen LogP contribution in [0.25, 0.3) is 0 Å². The first-order valence-corrected chi connectivity index (χ1v) is 6.83. The molecule has 0 aromatic heterocycles. The third-order valence-electron chi connectivity index (χ3n) is 2.55. The van der Waals surface area contributed by atoms with Crippen molar-refractivity contribution in [3.63, 3.8) is 0 Å². The van der Waals surface area contributed by atoms with Crippen molar-refractivity contribution in [1.29, 1.82) is 0 Å². The van der Waals surface area contributed by atoms with E-state index in [1.165, 1.54) is 12.1 Å². The zero-order chi connectivity index (χ0) is 13.3. The molecule has 0 unspecified atom stereocenters. The maximum Gasteiger partial charge on any atom is 0.125 e. The Bertz CT molecular complexity index is 600. The summed E-state index contributed by atoms with van der Waals surface area (Å²) in [6.45, 7) is 1.92. The van der Waals surface area contributed by atoms with Gasteiger partial charge in [0.25, 0.3) is 0 Å². The normalized spacial score (nSPS) is 10.4. The van der Waals surface area contributed by atoms with Crippen LogP contribution in [0.3, 0.4) is 0 Å². The minimum atomic E-state index is -0.288. The minimum absolute atomic E-state index is 0.288. The molecule has 0 saturated carbocycles. The zero-order valence-electron chi connectivity index (χ0n) is 9.60. The van der Waals surface area contributed by atoms with Crippen LogP contribution in [-0.4, -0.2) is 0 Å².